The van der Waals surface area contributed by atoms with Gasteiger partial charge in [-0.1, -0.05) is 12.1 Å². The lowest BCUT2D eigenvalue weighted by Crippen LogP contribution is -2.04. The predicted molar refractivity (Wildman–Crippen MR) is 107 cm³/mol. The largest absolute Gasteiger partial charge is 0.270 e. The van der Waals surface area contributed by atoms with Gasteiger partial charge in [0.1, 0.15) is 0 Å². The molecule has 0 N–H and O–H groups in total. The molecule has 0 aliphatic carbocycles. The van der Waals surface area contributed by atoms with Crippen molar-refractivity contribution in [3.05, 3.63) is 67.8 Å². The number of thioether (sulfide) groups is 1. The van der Waals surface area contributed by atoms with Gasteiger partial charge in [0, 0.05) is 48.3 Å². The van der Waals surface area contributed by atoms with E-state index in [1.165, 1.54) is 36.0 Å². The second-order valence-corrected chi connectivity index (χ2v) is 11.1. The average molecular weight is 461 g/mol. The van der Waals surface area contributed by atoms with E-state index >= 15 is 0 Å². The van der Waals surface area contributed by atoms with Crippen LogP contribution in [0.1, 0.15) is 11.1 Å². The number of hydrogen-bond donors (Lipinski definition) is 0. The first-order valence-corrected chi connectivity index (χ1v) is 12.8. The lowest BCUT2D eigenvalue weighted by Gasteiger charge is -2.10. The van der Waals surface area contributed by atoms with Crippen LogP contribution < -0.4 is 0 Å². The second-order valence-electron chi connectivity index (χ2n) is 6.14. The zero-order valence-electron chi connectivity index (χ0n) is 15.3. The van der Waals surface area contributed by atoms with Crippen LogP contribution >= 0.6 is 11.8 Å². The van der Waals surface area contributed by atoms with Crippen LogP contribution in [0.4, 0.5) is 11.4 Å². The number of nitro benzene ring substituents is 2. The Morgan fingerprint density at radius 2 is 1.10 bits per heavy atom. The minimum atomic E-state index is -3.72. The van der Waals surface area contributed by atoms with Crippen molar-refractivity contribution in [2.75, 3.05) is 12.5 Å². The van der Waals surface area contributed by atoms with E-state index in [0.717, 1.165) is 24.6 Å². The van der Waals surface area contributed by atoms with Crippen molar-refractivity contribution in [2.24, 2.45) is 0 Å². The van der Waals surface area contributed by atoms with Gasteiger partial charge in [0.2, 0.25) is 0 Å². The summed E-state index contributed by atoms with van der Waals surface area (Å²) in [6.07, 6.45) is 1.89. The van der Waals surface area contributed by atoms with Crippen molar-refractivity contribution >= 4 is 42.8 Å². The van der Waals surface area contributed by atoms with Crippen LogP contribution in [-0.2, 0) is 31.2 Å². The smallest absolute Gasteiger partial charge is 0.258 e. The van der Waals surface area contributed by atoms with Crippen LogP contribution in [0.5, 0.6) is 0 Å². The van der Waals surface area contributed by atoms with Gasteiger partial charge in [-0.25, -0.2) is 16.8 Å². The molecule has 2 rings (SSSR count). The Morgan fingerprint density at radius 3 is 1.38 bits per heavy atom. The molecule has 0 saturated carbocycles. The first kappa shape index (κ1) is 22.8. The second kappa shape index (κ2) is 8.47. The minimum absolute atomic E-state index is 0.139. The fourth-order valence-electron chi connectivity index (χ4n) is 2.51. The molecule has 2 aromatic rings. The highest BCUT2D eigenvalue weighted by molar-refractivity contribution is 7.98. The summed E-state index contributed by atoms with van der Waals surface area (Å²) in [7, 11) is -7.44. The van der Waals surface area contributed by atoms with Gasteiger partial charge in [-0.05, 0) is 11.1 Å². The molecule has 0 atom stereocenters. The topological polar surface area (TPSA) is 155 Å². The highest BCUT2D eigenvalue weighted by atomic mass is 32.2. The first-order chi connectivity index (χ1) is 13.3. The zero-order valence-corrected chi connectivity index (χ0v) is 17.7. The number of nitro groups is 2. The molecule has 156 valence electrons. The van der Waals surface area contributed by atoms with Crippen molar-refractivity contribution in [1.82, 2.24) is 0 Å². The Morgan fingerprint density at radius 1 is 0.759 bits per heavy atom. The highest BCUT2D eigenvalue weighted by Crippen LogP contribution is 2.30. The molecule has 0 heterocycles. The molecule has 29 heavy (non-hydrogen) atoms. The predicted octanol–water partition coefficient (Wildman–Crippen LogP) is 2.74. The van der Waals surface area contributed by atoms with E-state index in [1.54, 1.807) is 0 Å². The Bertz CT molecular complexity index is 1100. The van der Waals surface area contributed by atoms with E-state index in [0.29, 0.717) is 11.1 Å². The van der Waals surface area contributed by atoms with Gasteiger partial charge in [-0.15, -0.1) is 0 Å². The Kier molecular flexibility index (Phi) is 6.65. The van der Waals surface area contributed by atoms with Crippen LogP contribution in [0.3, 0.4) is 0 Å². The molecule has 0 amide bonds. The third kappa shape index (κ3) is 5.74. The molecule has 0 aromatic heterocycles. The molecule has 10 nitrogen and oxygen atoms in total. The van der Waals surface area contributed by atoms with Crippen LogP contribution in [0.25, 0.3) is 0 Å². The van der Waals surface area contributed by atoms with E-state index in [2.05, 4.69) is 0 Å². The van der Waals surface area contributed by atoms with Crippen molar-refractivity contribution in [1.29, 1.82) is 0 Å². The summed E-state index contributed by atoms with van der Waals surface area (Å²) < 4.78 is 47.9. The van der Waals surface area contributed by atoms with Crippen molar-refractivity contribution in [2.45, 2.75) is 21.3 Å². The summed E-state index contributed by atoms with van der Waals surface area (Å²) in [6, 6.07) is 7.04. The summed E-state index contributed by atoms with van der Waals surface area (Å²) >= 11 is 1.18. The molecule has 0 radical (unpaired) electrons. The molecule has 0 bridgehead atoms. The molecule has 0 saturated heterocycles. The van der Waals surface area contributed by atoms with Gasteiger partial charge < -0.3 is 0 Å². The maximum atomic E-state index is 12.0. The monoisotopic (exact) mass is 460 g/mol. The van der Waals surface area contributed by atoms with Crippen LogP contribution in [0, 0.1) is 20.2 Å². The summed E-state index contributed by atoms with van der Waals surface area (Å²) in [6.45, 7) is 0. The van der Waals surface area contributed by atoms with Gasteiger partial charge in [0.05, 0.1) is 19.6 Å². The lowest BCUT2D eigenvalue weighted by atomic mass is 10.2. The fourth-order valence-corrected chi connectivity index (χ4v) is 5.64. The third-order valence-corrected chi connectivity index (χ3v) is 7.23. The van der Waals surface area contributed by atoms with E-state index in [4.69, 9.17) is 0 Å². The summed E-state index contributed by atoms with van der Waals surface area (Å²) in [4.78, 5) is 20.1. The van der Waals surface area contributed by atoms with E-state index in [-0.39, 0.29) is 32.7 Å². The normalized spacial score (nSPS) is 11.9. The molecule has 0 unspecified atom stereocenters. The molecule has 2 aromatic carbocycles. The number of hydrogen-bond acceptors (Lipinski definition) is 9. The summed E-state index contributed by atoms with van der Waals surface area (Å²) in [5, 5.41) is 21.8. The van der Waals surface area contributed by atoms with Crippen LogP contribution in [0.2, 0.25) is 0 Å². The Labute approximate surface area is 171 Å². The molecule has 0 fully saturated rings. The van der Waals surface area contributed by atoms with E-state index in [1.807, 2.05) is 0 Å². The van der Waals surface area contributed by atoms with Gasteiger partial charge in [0.15, 0.2) is 19.7 Å². The summed E-state index contributed by atoms with van der Waals surface area (Å²) in [5.74, 6) is 0.279. The highest BCUT2D eigenvalue weighted by Gasteiger charge is 2.20. The van der Waals surface area contributed by atoms with Crippen molar-refractivity contribution < 1.29 is 26.7 Å². The Balaban J connectivity index is 2.31. The number of benzene rings is 2. The van der Waals surface area contributed by atoms with Crippen molar-refractivity contribution in [3.8, 4) is 0 Å². The molecule has 13 heteroatoms. The van der Waals surface area contributed by atoms with Crippen molar-refractivity contribution in [3.63, 3.8) is 0 Å². The van der Waals surface area contributed by atoms with Gasteiger partial charge >= 0.3 is 0 Å². The van der Waals surface area contributed by atoms with Crippen LogP contribution in [-0.4, -0.2) is 39.2 Å². The molecular formula is C16H16N2O8S3. The minimum Gasteiger partial charge on any atom is -0.258 e. The SMILES string of the molecule is CS(=O)(=O)c1cc([N+](=O)[O-])ccc1CSCc1ccc([N+](=O)[O-])cc1S(C)(=O)=O. The van der Waals surface area contributed by atoms with Gasteiger partial charge in [-0.3, -0.25) is 20.2 Å². The zero-order chi connectivity index (χ0) is 22.0. The molecule has 0 aliphatic heterocycles. The standard InChI is InChI=1S/C16H16N2O8S3/c1-28(23,24)15-7-13(17(19)20)5-3-11(15)9-27-10-12-4-6-14(18(21)22)8-16(12)29(2,25)26/h3-8H,9-10H2,1-2H3. The Hall–Kier alpha value is -2.51. The number of sulfone groups is 2. The molecule has 0 spiro atoms. The quantitative estimate of drug-likeness (QED) is 0.427. The molecular weight excluding hydrogens is 444 g/mol. The van der Waals surface area contributed by atoms with Gasteiger partial charge in [0.25, 0.3) is 11.4 Å². The number of nitrogens with zero attached hydrogens (tertiary/aromatic N) is 2. The molecule has 0 aliphatic rings. The fraction of sp³-hybridized carbons (Fsp3) is 0.250. The average Bonchev–Trinajstić information content (AvgIpc) is 2.60. The van der Waals surface area contributed by atoms with E-state index in [9.17, 15) is 37.1 Å². The van der Waals surface area contributed by atoms with Crippen LogP contribution in [0.15, 0.2) is 46.2 Å². The first-order valence-electron chi connectivity index (χ1n) is 7.83. The summed E-state index contributed by atoms with van der Waals surface area (Å²) in [5.41, 5.74) is -0.0281. The van der Waals surface area contributed by atoms with E-state index < -0.39 is 29.5 Å². The van der Waals surface area contributed by atoms with Gasteiger partial charge in [-0.2, -0.15) is 11.8 Å². The lowest BCUT2D eigenvalue weighted by molar-refractivity contribution is -0.385. The number of rotatable bonds is 8. The maximum Gasteiger partial charge on any atom is 0.270 e. The third-order valence-electron chi connectivity index (χ3n) is 3.84. The maximum absolute atomic E-state index is 12.0. The number of non-ortho nitro benzene ring substituents is 2.